The maximum Gasteiger partial charge on any atom is 0.322 e. The smallest absolute Gasteiger partial charge is 0.322 e. The van der Waals surface area contributed by atoms with Crippen LogP contribution in [0.2, 0.25) is 0 Å². The van der Waals surface area contributed by atoms with Crippen LogP contribution in [-0.4, -0.2) is 16.1 Å². The highest BCUT2D eigenvalue weighted by molar-refractivity contribution is 6.03. The summed E-state index contributed by atoms with van der Waals surface area (Å²) in [5, 5.41) is 10.3. The lowest BCUT2D eigenvalue weighted by Gasteiger charge is -2.18. The van der Waals surface area contributed by atoms with E-state index in [4.69, 9.17) is 4.42 Å². The number of hydrogen-bond acceptors (Lipinski definition) is 4. The number of hydrogen-bond donors (Lipinski definition) is 1. The van der Waals surface area contributed by atoms with Gasteiger partial charge in [-0.05, 0) is 40.8 Å². The first-order chi connectivity index (χ1) is 12.3. The van der Waals surface area contributed by atoms with Gasteiger partial charge < -0.3 is 4.42 Å². The Labute approximate surface area is 151 Å². The molecule has 0 atom stereocenters. The monoisotopic (exact) mass is 353 g/mol. The Morgan fingerprint density at radius 2 is 1.69 bits per heavy atom. The van der Waals surface area contributed by atoms with Gasteiger partial charge in [-0.3, -0.25) is 10.1 Å². The van der Waals surface area contributed by atoms with E-state index in [1.54, 1.807) is 24.3 Å². The van der Waals surface area contributed by atoms with Gasteiger partial charge in [-0.1, -0.05) is 50.1 Å². The van der Waals surface area contributed by atoms with E-state index in [0.717, 1.165) is 11.1 Å². The average molecular weight is 353 g/mol. The molecule has 0 saturated heterocycles. The molecule has 26 heavy (non-hydrogen) atoms. The summed E-state index contributed by atoms with van der Waals surface area (Å²) in [4.78, 5) is 12.3. The number of nitrogens with zero attached hydrogens (tertiary/aromatic N) is 2. The molecule has 0 bridgehead atoms. The van der Waals surface area contributed by atoms with Crippen LogP contribution in [0.3, 0.4) is 0 Å². The number of benzene rings is 2. The number of carbonyl (C=O) groups is 1. The van der Waals surface area contributed by atoms with Crippen LogP contribution in [-0.2, 0) is 11.8 Å². The second kappa shape index (κ2) is 7.07. The number of halogens is 1. The maximum absolute atomic E-state index is 12.9. The molecule has 0 aliphatic carbocycles. The van der Waals surface area contributed by atoms with Crippen molar-refractivity contribution in [1.82, 2.24) is 10.2 Å². The van der Waals surface area contributed by atoms with E-state index in [-0.39, 0.29) is 23.2 Å². The zero-order valence-electron chi connectivity index (χ0n) is 14.9. The third-order valence-electron chi connectivity index (χ3n) is 3.97. The Bertz CT molecular complexity index is 894. The van der Waals surface area contributed by atoms with Crippen molar-refractivity contribution >= 4 is 11.9 Å². The molecule has 134 valence electrons. The number of anilines is 1. The van der Waals surface area contributed by atoms with Gasteiger partial charge in [0.05, 0.1) is 6.42 Å². The largest absolute Gasteiger partial charge is 0.407 e. The molecular formula is C20H20FN3O2. The van der Waals surface area contributed by atoms with Crippen LogP contribution in [0.4, 0.5) is 10.4 Å². The van der Waals surface area contributed by atoms with E-state index in [9.17, 15) is 9.18 Å². The Morgan fingerprint density at radius 3 is 2.31 bits per heavy atom. The minimum absolute atomic E-state index is 0.0246. The zero-order chi connectivity index (χ0) is 18.7. The quantitative estimate of drug-likeness (QED) is 0.757. The number of rotatable bonds is 4. The molecule has 0 radical (unpaired) electrons. The number of amides is 1. The second-order valence-electron chi connectivity index (χ2n) is 7.09. The highest BCUT2D eigenvalue weighted by Gasteiger charge is 2.16. The standard InChI is InChI=1S/C20H20FN3O2/c1-20(2,3)15-8-6-14(7-9-15)18(25)22-19-24-23-17(26-19)12-13-4-10-16(21)11-5-13/h4-11H,12H2,1-3H3,(H,22,24,25). The molecule has 0 spiro atoms. The summed E-state index contributed by atoms with van der Waals surface area (Å²) in [6, 6.07) is 13.5. The van der Waals surface area contributed by atoms with Crippen LogP contribution in [0.15, 0.2) is 52.9 Å². The maximum atomic E-state index is 12.9. The first-order valence-corrected chi connectivity index (χ1v) is 8.30. The summed E-state index contributed by atoms with van der Waals surface area (Å²) in [6.07, 6.45) is 0.365. The first kappa shape index (κ1) is 17.8. The van der Waals surface area contributed by atoms with E-state index < -0.39 is 0 Å². The summed E-state index contributed by atoms with van der Waals surface area (Å²) in [5.41, 5.74) is 2.52. The Hall–Kier alpha value is -3.02. The van der Waals surface area contributed by atoms with Crippen LogP contribution in [0.5, 0.6) is 0 Å². The van der Waals surface area contributed by atoms with Crippen molar-refractivity contribution in [3.63, 3.8) is 0 Å². The zero-order valence-corrected chi connectivity index (χ0v) is 14.9. The van der Waals surface area contributed by atoms with Crippen molar-refractivity contribution < 1.29 is 13.6 Å². The van der Waals surface area contributed by atoms with E-state index in [2.05, 4.69) is 36.3 Å². The summed E-state index contributed by atoms with van der Waals surface area (Å²) in [6.45, 7) is 6.34. The molecule has 3 rings (SSSR count). The molecule has 1 aromatic heterocycles. The minimum Gasteiger partial charge on any atom is -0.407 e. The Morgan fingerprint density at radius 1 is 1.04 bits per heavy atom. The van der Waals surface area contributed by atoms with Crippen LogP contribution >= 0.6 is 0 Å². The fourth-order valence-corrected chi connectivity index (χ4v) is 2.44. The molecule has 1 N–H and O–H groups in total. The second-order valence-corrected chi connectivity index (χ2v) is 7.09. The first-order valence-electron chi connectivity index (χ1n) is 8.30. The molecule has 1 heterocycles. The van der Waals surface area contributed by atoms with Crippen LogP contribution < -0.4 is 5.32 Å². The summed E-state index contributed by atoms with van der Waals surface area (Å²) < 4.78 is 18.4. The lowest BCUT2D eigenvalue weighted by Crippen LogP contribution is -2.14. The van der Waals surface area contributed by atoms with Crippen LogP contribution in [0.25, 0.3) is 0 Å². The predicted octanol–water partition coefficient (Wildman–Crippen LogP) is 4.35. The van der Waals surface area contributed by atoms with E-state index in [1.165, 1.54) is 12.1 Å². The van der Waals surface area contributed by atoms with E-state index in [1.807, 2.05) is 12.1 Å². The predicted molar refractivity (Wildman–Crippen MR) is 96.6 cm³/mol. The van der Waals surface area contributed by atoms with Crippen molar-refractivity contribution in [2.24, 2.45) is 0 Å². The third kappa shape index (κ3) is 4.33. The van der Waals surface area contributed by atoms with Gasteiger partial charge in [0, 0.05) is 5.56 Å². The van der Waals surface area contributed by atoms with Gasteiger partial charge in [0.2, 0.25) is 5.89 Å². The molecule has 0 aliphatic rings. The van der Waals surface area contributed by atoms with Crippen molar-refractivity contribution in [2.75, 3.05) is 5.32 Å². The molecule has 2 aromatic carbocycles. The van der Waals surface area contributed by atoms with Crippen LogP contribution in [0.1, 0.15) is 48.1 Å². The summed E-state index contributed by atoms with van der Waals surface area (Å²) >= 11 is 0. The molecule has 0 fully saturated rings. The van der Waals surface area contributed by atoms with Crippen LogP contribution in [0, 0.1) is 5.82 Å². The minimum atomic E-state index is -0.317. The molecule has 0 saturated carbocycles. The van der Waals surface area contributed by atoms with Gasteiger partial charge in [0.1, 0.15) is 5.82 Å². The topological polar surface area (TPSA) is 68.0 Å². The van der Waals surface area contributed by atoms with E-state index >= 15 is 0 Å². The van der Waals surface area contributed by atoms with Crippen molar-refractivity contribution in [2.45, 2.75) is 32.6 Å². The van der Waals surface area contributed by atoms with Gasteiger partial charge >= 0.3 is 6.01 Å². The molecule has 1 amide bonds. The number of aromatic nitrogens is 2. The summed E-state index contributed by atoms with van der Waals surface area (Å²) in [5.74, 6) is -0.276. The Balaban J connectivity index is 1.65. The van der Waals surface area contributed by atoms with Gasteiger partial charge in [0.25, 0.3) is 5.91 Å². The molecule has 3 aromatic rings. The fraction of sp³-hybridized carbons (Fsp3) is 0.250. The highest BCUT2D eigenvalue weighted by Crippen LogP contribution is 2.22. The van der Waals surface area contributed by atoms with Crippen molar-refractivity contribution in [3.05, 3.63) is 76.9 Å². The fourth-order valence-electron chi connectivity index (χ4n) is 2.44. The lowest BCUT2D eigenvalue weighted by atomic mass is 9.87. The molecular weight excluding hydrogens is 333 g/mol. The summed E-state index contributed by atoms with van der Waals surface area (Å²) in [7, 11) is 0. The Kier molecular flexibility index (Phi) is 4.84. The SMILES string of the molecule is CC(C)(C)c1ccc(C(=O)Nc2nnc(Cc3ccc(F)cc3)o2)cc1. The average Bonchev–Trinajstić information content (AvgIpc) is 3.03. The van der Waals surface area contributed by atoms with Gasteiger partial charge in [0.15, 0.2) is 0 Å². The van der Waals surface area contributed by atoms with Crippen molar-refractivity contribution in [3.8, 4) is 0 Å². The molecule has 5 nitrogen and oxygen atoms in total. The molecule has 0 aliphatic heterocycles. The lowest BCUT2D eigenvalue weighted by molar-refractivity contribution is 0.102. The van der Waals surface area contributed by atoms with Gasteiger partial charge in [-0.15, -0.1) is 5.10 Å². The van der Waals surface area contributed by atoms with E-state index in [0.29, 0.717) is 17.9 Å². The van der Waals surface area contributed by atoms with Crippen molar-refractivity contribution in [1.29, 1.82) is 0 Å². The van der Waals surface area contributed by atoms with Gasteiger partial charge in [-0.2, -0.15) is 0 Å². The molecule has 6 heteroatoms. The number of carbonyl (C=O) groups excluding carboxylic acids is 1. The molecule has 0 unspecified atom stereocenters. The van der Waals surface area contributed by atoms with Gasteiger partial charge in [-0.25, -0.2) is 4.39 Å². The highest BCUT2D eigenvalue weighted by atomic mass is 19.1. The third-order valence-corrected chi connectivity index (χ3v) is 3.97. The normalized spacial score (nSPS) is 11.4. The number of nitrogens with one attached hydrogen (secondary N) is 1.